The fourth-order valence-electron chi connectivity index (χ4n) is 5.03. The number of carbonyl (C=O) groups excluding carboxylic acids is 2. The van der Waals surface area contributed by atoms with Gasteiger partial charge in [0.15, 0.2) is 11.0 Å². The standard InChI is InChI=1S/C33H28F2N6O4S2/c1-44-25-14-21(15-26(16-25)45-2)32(43)36-18-30-37-38-33(40(30)24-11-9-23(35)10-12-24)47-19-31(42)41-28(20-5-7-22(34)8-6-20)17-27(39-41)29-4-3-13-46-29/h3-16,28H,17-19H2,1-2H3,(H,36,43)/t28-/m0/s1. The van der Waals surface area contributed by atoms with Crippen molar-refractivity contribution in [2.24, 2.45) is 5.10 Å². The number of thioether (sulfide) groups is 1. The number of hydrogen-bond donors (Lipinski definition) is 1. The summed E-state index contributed by atoms with van der Waals surface area (Å²) in [5, 5.41) is 19.8. The third kappa shape index (κ3) is 7.18. The molecule has 3 heterocycles. The Kier molecular flexibility index (Phi) is 9.59. The first-order valence-corrected chi connectivity index (χ1v) is 16.2. The summed E-state index contributed by atoms with van der Waals surface area (Å²) in [6, 6.07) is 20.1. The van der Waals surface area contributed by atoms with Crippen LogP contribution in [0.3, 0.4) is 0 Å². The third-order valence-electron chi connectivity index (χ3n) is 7.36. The van der Waals surface area contributed by atoms with Gasteiger partial charge in [-0.25, -0.2) is 13.8 Å². The maximum absolute atomic E-state index is 13.8. The molecule has 240 valence electrons. The lowest BCUT2D eigenvalue weighted by Crippen LogP contribution is -2.28. The van der Waals surface area contributed by atoms with Crippen LogP contribution in [0.1, 0.15) is 39.1 Å². The van der Waals surface area contributed by atoms with Crippen LogP contribution in [-0.2, 0) is 11.3 Å². The molecule has 0 spiro atoms. The highest BCUT2D eigenvalue weighted by Crippen LogP contribution is 2.35. The van der Waals surface area contributed by atoms with E-state index in [1.54, 1.807) is 47.0 Å². The molecule has 1 N–H and O–H groups in total. The molecule has 1 aliphatic rings. The Morgan fingerprint density at radius 3 is 2.28 bits per heavy atom. The molecular formula is C33H28F2N6O4S2. The topological polar surface area (TPSA) is 111 Å². The molecule has 0 radical (unpaired) electrons. The average molecular weight is 675 g/mol. The van der Waals surface area contributed by atoms with Gasteiger partial charge < -0.3 is 14.8 Å². The number of halogens is 2. The lowest BCUT2D eigenvalue weighted by atomic mass is 10.0. The Balaban J connectivity index is 1.23. The third-order valence-corrected chi connectivity index (χ3v) is 9.19. The summed E-state index contributed by atoms with van der Waals surface area (Å²) in [4.78, 5) is 27.7. The summed E-state index contributed by atoms with van der Waals surface area (Å²) >= 11 is 2.66. The molecule has 3 aromatic carbocycles. The zero-order valence-corrected chi connectivity index (χ0v) is 26.9. The molecule has 14 heteroatoms. The van der Waals surface area contributed by atoms with Crippen molar-refractivity contribution in [2.75, 3.05) is 20.0 Å². The van der Waals surface area contributed by atoms with Crippen LogP contribution in [-0.4, -0.2) is 57.3 Å². The molecular weight excluding hydrogens is 647 g/mol. The van der Waals surface area contributed by atoms with E-state index in [1.165, 1.54) is 54.8 Å². The van der Waals surface area contributed by atoms with Crippen LogP contribution in [0.25, 0.3) is 5.69 Å². The van der Waals surface area contributed by atoms with Crippen molar-refractivity contribution >= 4 is 40.6 Å². The van der Waals surface area contributed by atoms with Gasteiger partial charge in [0.2, 0.25) is 0 Å². The minimum absolute atomic E-state index is 0.0233. The van der Waals surface area contributed by atoms with E-state index >= 15 is 0 Å². The Labute approximate surface area is 277 Å². The largest absolute Gasteiger partial charge is 0.497 e. The van der Waals surface area contributed by atoms with E-state index in [9.17, 15) is 18.4 Å². The monoisotopic (exact) mass is 674 g/mol. The first-order chi connectivity index (χ1) is 22.8. The highest BCUT2D eigenvalue weighted by atomic mass is 32.2. The molecule has 2 amide bonds. The van der Waals surface area contributed by atoms with Gasteiger partial charge in [-0.15, -0.1) is 21.5 Å². The number of benzene rings is 3. The van der Waals surface area contributed by atoms with Gasteiger partial charge in [0.1, 0.15) is 23.1 Å². The van der Waals surface area contributed by atoms with Crippen molar-refractivity contribution in [1.82, 2.24) is 25.1 Å². The number of amides is 2. The predicted octanol–water partition coefficient (Wildman–Crippen LogP) is 6.02. The van der Waals surface area contributed by atoms with Gasteiger partial charge >= 0.3 is 0 Å². The number of ether oxygens (including phenoxy) is 2. The van der Waals surface area contributed by atoms with Crippen LogP contribution >= 0.6 is 23.1 Å². The molecule has 0 unspecified atom stereocenters. The van der Waals surface area contributed by atoms with Gasteiger partial charge in [-0.2, -0.15) is 5.10 Å². The first kappa shape index (κ1) is 31.9. The van der Waals surface area contributed by atoms with Gasteiger partial charge in [-0.3, -0.25) is 14.2 Å². The van der Waals surface area contributed by atoms with Crippen LogP contribution in [0, 0.1) is 11.6 Å². The Hall–Kier alpha value is -5.08. The van der Waals surface area contributed by atoms with Crippen LogP contribution in [0.2, 0.25) is 0 Å². The van der Waals surface area contributed by atoms with Crippen molar-refractivity contribution in [3.8, 4) is 17.2 Å². The Morgan fingerprint density at radius 1 is 0.957 bits per heavy atom. The molecule has 10 nitrogen and oxygen atoms in total. The molecule has 0 fully saturated rings. The van der Waals surface area contributed by atoms with E-state index in [-0.39, 0.29) is 24.0 Å². The summed E-state index contributed by atoms with van der Waals surface area (Å²) in [6.45, 7) is -0.0233. The Morgan fingerprint density at radius 2 is 1.64 bits per heavy atom. The summed E-state index contributed by atoms with van der Waals surface area (Å²) < 4.78 is 39.8. The maximum Gasteiger partial charge on any atom is 0.253 e. The van der Waals surface area contributed by atoms with E-state index in [0.717, 1.165) is 27.9 Å². The van der Waals surface area contributed by atoms with Crippen molar-refractivity contribution in [3.63, 3.8) is 0 Å². The lowest BCUT2D eigenvalue weighted by molar-refractivity contribution is -0.130. The van der Waals surface area contributed by atoms with E-state index in [1.807, 2.05) is 17.5 Å². The number of nitrogens with zero attached hydrogens (tertiary/aromatic N) is 5. The van der Waals surface area contributed by atoms with Crippen molar-refractivity contribution < 1.29 is 27.8 Å². The van der Waals surface area contributed by atoms with Gasteiger partial charge in [0.25, 0.3) is 11.8 Å². The molecule has 47 heavy (non-hydrogen) atoms. The fourth-order valence-corrected chi connectivity index (χ4v) is 6.57. The van der Waals surface area contributed by atoms with Crippen LogP contribution in [0.15, 0.2) is 94.5 Å². The number of hydrogen-bond acceptors (Lipinski definition) is 9. The second-order valence-corrected chi connectivity index (χ2v) is 12.2. The second kappa shape index (κ2) is 14.1. The van der Waals surface area contributed by atoms with Gasteiger partial charge in [-0.05, 0) is 65.5 Å². The molecule has 0 saturated heterocycles. The number of rotatable bonds is 11. The van der Waals surface area contributed by atoms with E-state index in [2.05, 4.69) is 20.6 Å². The molecule has 5 aromatic rings. The maximum atomic E-state index is 13.8. The number of methoxy groups -OCH3 is 2. The minimum atomic E-state index is -0.423. The summed E-state index contributed by atoms with van der Waals surface area (Å²) in [6.07, 6.45) is 0.483. The predicted molar refractivity (Wildman–Crippen MR) is 174 cm³/mol. The quantitative estimate of drug-likeness (QED) is 0.171. The number of nitrogens with one attached hydrogen (secondary N) is 1. The minimum Gasteiger partial charge on any atom is -0.497 e. The average Bonchev–Trinajstić information content (AvgIpc) is 3.87. The molecule has 2 aromatic heterocycles. The van der Waals surface area contributed by atoms with Crippen LogP contribution < -0.4 is 14.8 Å². The fraction of sp³-hybridized carbons (Fsp3) is 0.182. The number of hydrazone groups is 1. The first-order valence-electron chi connectivity index (χ1n) is 14.4. The Bertz CT molecular complexity index is 1890. The van der Waals surface area contributed by atoms with Crippen molar-refractivity contribution in [2.45, 2.75) is 24.2 Å². The van der Waals surface area contributed by atoms with Gasteiger partial charge in [0.05, 0.1) is 43.1 Å². The normalized spacial score (nSPS) is 14.2. The molecule has 0 saturated carbocycles. The smallest absolute Gasteiger partial charge is 0.253 e. The van der Waals surface area contributed by atoms with Crippen molar-refractivity contribution in [3.05, 3.63) is 118 Å². The van der Waals surface area contributed by atoms with Crippen LogP contribution in [0.5, 0.6) is 11.5 Å². The molecule has 6 rings (SSSR count). The second-order valence-electron chi connectivity index (χ2n) is 10.3. The molecule has 0 aliphatic carbocycles. The lowest BCUT2D eigenvalue weighted by Gasteiger charge is -2.22. The highest BCUT2D eigenvalue weighted by molar-refractivity contribution is 7.99. The summed E-state index contributed by atoms with van der Waals surface area (Å²) in [7, 11) is 2.99. The van der Waals surface area contributed by atoms with E-state index < -0.39 is 17.8 Å². The number of carbonyl (C=O) groups is 2. The SMILES string of the molecule is COc1cc(OC)cc(C(=O)NCc2nnc(SCC(=O)N3N=C(c4cccs4)C[C@H]3c3ccc(F)cc3)n2-c2ccc(F)cc2)c1. The van der Waals surface area contributed by atoms with Crippen LogP contribution in [0.4, 0.5) is 8.78 Å². The number of aromatic nitrogens is 3. The zero-order chi connectivity index (χ0) is 32.9. The van der Waals surface area contributed by atoms with E-state index in [0.29, 0.717) is 40.2 Å². The molecule has 1 aliphatic heterocycles. The van der Waals surface area contributed by atoms with Gasteiger partial charge in [-0.1, -0.05) is 30.0 Å². The molecule has 0 bridgehead atoms. The van der Waals surface area contributed by atoms with Gasteiger partial charge in [0, 0.05) is 23.7 Å². The molecule has 1 atom stereocenters. The highest BCUT2D eigenvalue weighted by Gasteiger charge is 2.33. The summed E-state index contributed by atoms with van der Waals surface area (Å²) in [5.74, 6) is -0.250. The van der Waals surface area contributed by atoms with E-state index in [4.69, 9.17) is 9.47 Å². The number of thiophene rings is 1. The summed E-state index contributed by atoms with van der Waals surface area (Å²) in [5.41, 5.74) is 2.40. The zero-order valence-electron chi connectivity index (χ0n) is 25.2. The van der Waals surface area contributed by atoms with Crippen molar-refractivity contribution in [1.29, 1.82) is 0 Å².